The predicted octanol–water partition coefficient (Wildman–Crippen LogP) is 7.74. The summed E-state index contributed by atoms with van der Waals surface area (Å²) in [6.45, 7) is 0.381. The number of halogens is 3. The van der Waals surface area contributed by atoms with Crippen molar-refractivity contribution in [1.29, 1.82) is 0 Å². The van der Waals surface area contributed by atoms with E-state index >= 15 is 0 Å². The molecule has 0 aromatic heterocycles. The lowest BCUT2D eigenvalue weighted by Gasteiger charge is -2.21. The summed E-state index contributed by atoms with van der Waals surface area (Å²) in [5.41, 5.74) is 2.79. The first-order valence-corrected chi connectivity index (χ1v) is 15.8. The monoisotopic (exact) mass is 678 g/mol. The van der Waals surface area contributed by atoms with Gasteiger partial charge in [0.15, 0.2) is 5.78 Å². The number of nitrogens with zero attached hydrogens (tertiary/aromatic N) is 1. The summed E-state index contributed by atoms with van der Waals surface area (Å²) in [6, 6.07) is 27.4. The van der Waals surface area contributed by atoms with Crippen molar-refractivity contribution < 1.29 is 23.9 Å². The molecule has 0 spiro atoms. The first-order chi connectivity index (χ1) is 22.1. The van der Waals surface area contributed by atoms with E-state index in [1.165, 1.54) is 12.1 Å². The third kappa shape index (κ3) is 10.2. The van der Waals surface area contributed by atoms with Gasteiger partial charge in [0, 0.05) is 37.0 Å². The van der Waals surface area contributed by atoms with E-state index in [-0.39, 0.29) is 58.7 Å². The molecule has 4 aromatic rings. The highest BCUT2D eigenvalue weighted by atomic mass is 35.5. The van der Waals surface area contributed by atoms with Crippen LogP contribution < -0.4 is 5.32 Å². The van der Waals surface area contributed by atoms with Crippen LogP contribution in [0.5, 0.6) is 0 Å². The Morgan fingerprint density at radius 3 is 2.00 bits per heavy atom. The van der Waals surface area contributed by atoms with Crippen molar-refractivity contribution in [3.8, 4) is 0 Å². The maximum absolute atomic E-state index is 13.4. The third-order valence-electron chi connectivity index (χ3n) is 7.27. The number of ether oxygens (including phenoxy) is 1. The van der Waals surface area contributed by atoms with Gasteiger partial charge in [-0.25, -0.2) is 4.79 Å². The molecule has 0 heterocycles. The lowest BCUT2D eigenvalue weighted by Crippen LogP contribution is -2.43. The minimum atomic E-state index is -1.17. The van der Waals surface area contributed by atoms with Gasteiger partial charge in [-0.3, -0.25) is 14.4 Å². The maximum Gasteiger partial charge on any atom is 0.328 e. The number of esters is 1. The zero-order valence-corrected chi connectivity index (χ0v) is 27.4. The van der Waals surface area contributed by atoms with Crippen LogP contribution in [0.3, 0.4) is 0 Å². The van der Waals surface area contributed by atoms with Gasteiger partial charge in [-0.05, 0) is 53.8 Å². The van der Waals surface area contributed by atoms with Gasteiger partial charge < -0.3 is 15.0 Å². The Balaban J connectivity index is 1.44. The van der Waals surface area contributed by atoms with Crippen molar-refractivity contribution in [2.24, 2.45) is 0 Å². The van der Waals surface area contributed by atoms with Crippen molar-refractivity contribution in [2.45, 2.75) is 44.9 Å². The number of amides is 2. The van der Waals surface area contributed by atoms with E-state index in [0.717, 1.165) is 16.7 Å². The predicted molar refractivity (Wildman–Crippen MR) is 180 cm³/mol. The molecule has 7 nitrogen and oxygen atoms in total. The third-order valence-corrected chi connectivity index (χ3v) is 8.10. The highest BCUT2D eigenvalue weighted by molar-refractivity contribution is 6.40. The first kappa shape index (κ1) is 34.7. The van der Waals surface area contributed by atoms with E-state index in [1.54, 1.807) is 36.2 Å². The number of carbonyl (C=O) groups excluding carboxylic acids is 4. The fraction of sp³-hybridized carbons (Fsp3) is 0.222. The smallest absolute Gasteiger partial charge is 0.328 e. The van der Waals surface area contributed by atoms with Gasteiger partial charge in [0.25, 0.3) is 5.91 Å². The molecule has 0 aliphatic carbocycles. The Kier molecular flexibility index (Phi) is 12.8. The molecule has 4 rings (SSSR count). The summed E-state index contributed by atoms with van der Waals surface area (Å²) in [5.74, 6) is -1.87. The van der Waals surface area contributed by atoms with Crippen LogP contribution in [-0.4, -0.2) is 41.6 Å². The fourth-order valence-electron chi connectivity index (χ4n) is 4.76. The lowest BCUT2D eigenvalue weighted by molar-refractivity contribution is -0.147. The molecule has 0 saturated heterocycles. The average molecular weight is 680 g/mol. The van der Waals surface area contributed by atoms with E-state index < -0.39 is 17.9 Å². The molecular weight excluding hydrogens is 647 g/mol. The summed E-state index contributed by atoms with van der Waals surface area (Å²) < 4.78 is 5.50. The molecule has 46 heavy (non-hydrogen) atoms. The van der Waals surface area contributed by atoms with Crippen LogP contribution in [0.4, 0.5) is 0 Å². The Labute approximate surface area is 283 Å². The van der Waals surface area contributed by atoms with Gasteiger partial charge in [0.2, 0.25) is 5.91 Å². The number of hydrogen-bond acceptors (Lipinski definition) is 5. The molecule has 2 amide bonds. The fourth-order valence-corrected chi connectivity index (χ4v) is 5.63. The molecule has 0 aliphatic heterocycles. The van der Waals surface area contributed by atoms with Crippen LogP contribution in [0.25, 0.3) is 0 Å². The van der Waals surface area contributed by atoms with E-state index in [1.807, 2.05) is 60.7 Å². The van der Waals surface area contributed by atoms with Gasteiger partial charge in [-0.2, -0.15) is 0 Å². The van der Waals surface area contributed by atoms with Crippen LogP contribution in [0.15, 0.2) is 97.1 Å². The SMILES string of the molecule is CN(Cc1ccccc1)C(=O)CC[C@H](NC(=O)c1c(Cl)cc(C(=O)CCc2cccc(Cl)c2)cc1Cl)C(=O)OCc1ccccc1. The summed E-state index contributed by atoms with van der Waals surface area (Å²) >= 11 is 19.0. The molecular formula is C36H33Cl3N2O5. The van der Waals surface area contributed by atoms with E-state index in [4.69, 9.17) is 39.5 Å². The van der Waals surface area contributed by atoms with Crippen molar-refractivity contribution in [2.75, 3.05) is 7.05 Å². The number of Topliss-reactive ketones (excluding diaryl/α,β-unsaturated/α-hetero) is 1. The van der Waals surface area contributed by atoms with Crippen molar-refractivity contribution in [3.63, 3.8) is 0 Å². The highest BCUT2D eigenvalue weighted by Crippen LogP contribution is 2.28. The van der Waals surface area contributed by atoms with Crippen LogP contribution in [0.2, 0.25) is 15.1 Å². The normalized spacial score (nSPS) is 11.4. The number of nitrogens with one attached hydrogen (secondary N) is 1. The van der Waals surface area contributed by atoms with Gasteiger partial charge in [-0.1, -0.05) is 108 Å². The zero-order valence-electron chi connectivity index (χ0n) is 25.2. The second kappa shape index (κ2) is 16.9. The number of aryl methyl sites for hydroxylation is 1. The Morgan fingerprint density at radius 1 is 0.761 bits per heavy atom. The lowest BCUT2D eigenvalue weighted by atomic mass is 10.0. The van der Waals surface area contributed by atoms with E-state index in [2.05, 4.69) is 5.32 Å². The van der Waals surface area contributed by atoms with E-state index in [0.29, 0.717) is 18.0 Å². The minimum absolute atomic E-state index is 0.0125. The van der Waals surface area contributed by atoms with E-state index in [9.17, 15) is 19.2 Å². The van der Waals surface area contributed by atoms with Gasteiger partial charge in [0.05, 0.1) is 15.6 Å². The summed E-state index contributed by atoms with van der Waals surface area (Å²) in [4.78, 5) is 54.1. The molecule has 0 saturated carbocycles. The van der Waals surface area contributed by atoms with Crippen LogP contribution in [0, 0.1) is 0 Å². The molecule has 0 radical (unpaired) electrons. The number of benzene rings is 4. The number of ketones is 1. The average Bonchev–Trinajstić information content (AvgIpc) is 3.04. The van der Waals surface area contributed by atoms with Gasteiger partial charge in [-0.15, -0.1) is 0 Å². The molecule has 4 aromatic carbocycles. The molecule has 1 N–H and O–H groups in total. The molecule has 1 atom stereocenters. The first-order valence-electron chi connectivity index (χ1n) is 14.7. The summed E-state index contributed by atoms with van der Waals surface area (Å²) in [5, 5.41) is 3.13. The topological polar surface area (TPSA) is 92.8 Å². The molecule has 0 bridgehead atoms. The molecule has 0 unspecified atom stereocenters. The van der Waals surface area contributed by atoms with Crippen LogP contribution in [0.1, 0.15) is 56.7 Å². The second-order valence-corrected chi connectivity index (χ2v) is 12.0. The Morgan fingerprint density at radius 2 is 1.37 bits per heavy atom. The zero-order chi connectivity index (χ0) is 33.1. The van der Waals surface area contributed by atoms with Crippen molar-refractivity contribution in [1.82, 2.24) is 10.2 Å². The number of hydrogen-bond donors (Lipinski definition) is 1. The quantitative estimate of drug-likeness (QED) is 0.109. The van der Waals surface area contributed by atoms with Gasteiger partial charge >= 0.3 is 5.97 Å². The minimum Gasteiger partial charge on any atom is -0.459 e. The Bertz CT molecular complexity index is 1660. The Hall–Kier alpha value is -4.17. The van der Waals surface area contributed by atoms with Crippen molar-refractivity contribution >= 4 is 58.4 Å². The molecule has 238 valence electrons. The number of rotatable bonds is 14. The largest absolute Gasteiger partial charge is 0.459 e. The maximum atomic E-state index is 13.4. The van der Waals surface area contributed by atoms with Crippen LogP contribution in [-0.2, 0) is 33.9 Å². The van der Waals surface area contributed by atoms with Gasteiger partial charge in [0.1, 0.15) is 12.6 Å². The molecule has 0 aliphatic rings. The summed E-state index contributed by atoms with van der Waals surface area (Å²) in [6.07, 6.45) is 0.590. The van der Waals surface area contributed by atoms with Crippen LogP contribution >= 0.6 is 34.8 Å². The van der Waals surface area contributed by atoms with Crippen molar-refractivity contribution in [3.05, 3.63) is 140 Å². The number of carbonyl (C=O) groups is 4. The standard InChI is InChI=1S/C36H33Cl3N2O5/c1-41(22-25-9-4-2-5-10-25)33(43)18-16-31(36(45)46-23-26-11-6-3-7-12-26)40-35(44)34-29(38)20-27(21-30(34)39)32(42)17-15-24-13-8-14-28(37)19-24/h2-14,19-21,31H,15-18,22-23H2,1H3,(H,40,44)/t31-/m0/s1. The molecule has 10 heteroatoms. The highest BCUT2D eigenvalue weighted by Gasteiger charge is 2.27. The summed E-state index contributed by atoms with van der Waals surface area (Å²) in [7, 11) is 1.67. The second-order valence-electron chi connectivity index (χ2n) is 10.8. The molecule has 0 fully saturated rings.